The number of pyridine rings is 1. The van der Waals surface area contributed by atoms with Crippen LogP contribution in [-0.2, 0) is 6.54 Å². The van der Waals surface area contributed by atoms with E-state index in [2.05, 4.69) is 19.9 Å². The Morgan fingerprint density at radius 1 is 1.20 bits per heavy atom. The summed E-state index contributed by atoms with van der Waals surface area (Å²) in [5.74, 6) is 0. The maximum Gasteiger partial charge on any atom is 0.0945 e. The minimum absolute atomic E-state index is 0.738. The van der Waals surface area contributed by atoms with Crippen molar-refractivity contribution in [2.24, 2.45) is 0 Å². The van der Waals surface area contributed by atoms with Crippen molar-refractivity contribution in [2.75, 3.05) is 17.6 Å². The van der Waals surface area contributed by atoms with Gasteiger partial charge in [-0.05, 0) is 30.7 Å². The molecule has 2 aromatic heterocycles. The Hall–Kier alpha value is -2.56. The first-order valence-corrected chi connectivity index (χ1v) is 6.67. The zero-order valence-electron chi connectivity index (χ0n) is 11.2. The Labute approximate surface area is 117 Å². The molecule has 0 unspecified atom stereocenters. The molecule has 0 atom stereocenters. The highest BCUT2D eigenvalue weighted by molar-refractivity contribution is 5.92. The van der Waals surface area contributed by atoms with Gasteiger partial charge >= 0.3 is 0 Å². The maximum atomic E-state index is 5.78. The van der Waals surface area contributed by atoms with Gasteiger partial charge in [-0.2, -0.15) is 0 Å². The fraction of sp³-hybridized carbons (Fsp3) is 0.200. The van der Waals surface area contributed by atoms with E-state index < -0.39 is 0 Å². The third kappa shape index (κ3) is 2.71. The van der Waals surface area contributed by atoms with Crippen molar-refractivity contribution in [3.63, 3.8) is 0 Å². The fourth-order valence-electron chi connectivity index (χ4n) is 2.22. The van der Waals surface area contributed by atoms with Gasteiger partial charge in [0.2, 0.25) is 0 Å². The number of fused-ring (bicyclic) bond motifs is 1. The van der Waals surface area contributed by atoms with Crippen LogP contribution in [0.3, 0.4) is 0 Å². The van der Waals surface area contributed by atoms with E-state index in [0.717, 1.165) is 41.8 Å². The molecular weight excluding hydrogens is 250 g/mol. The summed E-state index contributed by atoms with van der Waals surface area (Å²) >= 11 is 0. The van der Waals surface area contributed by atoms with Gasteiger partial charge in [-0.3, -0.25) is 4.98 Å². The lowest BCUT2D eigenvalue weighted by Crippen LogP contribution is -2.06. The number of aromatic nitrogens is 3. The largest absolute Gasteiger partial charge is 0.399 e. The molecule has 102 valence electrons. The van der Waals surface area contributed by atoms with Gasteiger partial charge < -0.3 is 15.6 Å². The molecule has 0 spiro atoms. The third-order valence-corrected chi connectivity index (χ3v) is 3.23. The van der Waals surface area contributed by atoms with E-state index in [1.165, 1.54) is 0 Å². The zero-order valence-corrected chi connectivity index (χ0v) is 11.2. The SMILES string of the molecule is Nc1ccc2c(NCCCn3ccnc3)ccnc2c1. The van der Waals surface area contributed by atoms with Gasteiger partial charge in [0.25, 0.3) is 0 Å². The minimum Gasteiger partial charge on any atom is -0.399 e. The lowest BCUT2D eigenvalue weighted by Gasteiger charge is -2.10. The molecular formula is C15H17N5. The third-order valence-electron chi connectivity index (χ3n) is 3.23. The highest BCUT2D eigenvalue weighted by Gasteiger charge is 2.01. The summed E-state index contributed by atoms with van der Waals surface area (Å²) in [4.78, 5) is 8.37. The van der Waals surface area contributed by atoms with Crippen molar-refractivity contribution < 1.29 is 0 Å². The molecule has 3 N–H and O–H groups in total. The van der Waals surface area contributed by atoms with Gasteiger partial charge in [-0.1, -0.05) is 0 Å². The molecule has 3 rings (SSSR count). The standard InChI is InChI=1S/C15H17N5/c16-12-2-3-13-14(4-6-19-15(13)10-12)18-5-1-8-20-9-7-17-11-20/h2-4,6-7,9-11H,1,5,8,16H2,(H,18,19). The molecule has 0 radical (unpaired) electrons. The summed E-state index contributed by atoms with van der Waals surface area (Å²) in [6.07, 6.45) is 8.46. The van der Waals surface area contributed by atoms with Crippen LogP contribution in [0, 0.1) is 0 Å². The summed E-state index contributed by atoms with van der Waals surface area (Å²) in [5.41, 5.74) is 8.54. The van der Waals surface area contributed by atoms with E-state index >= 15 is 0 Å². The number of nitrogen functional groups attached to an aromatic ring is 1. The van der Waals surface area contributed by atoms with Crippen LogP contribution in [0.2, 0.25) is 0 Å². The van der Waals surface area contributed by atoms with Crippen LogP contribution in [0.1, 0.15) is 6.42 Å². The highest BCUT2D eigenvalue weighted by atomic mass is 15.0. The molecule has 0 saturated carbocycles. The number of nitrogens with one attached hydrogen (secondary N) is 1. The number of anilines is 2. The number of nitrogens with zero attached hydrogens (tertiary/aromatic N) is 3. The fourth-order valence-corrected chi connectivity index (χ4v) is 2.22. The van der Waals surface area contributed by atoms with Gasteiger partial charge in [-0.25, -0.2) is 4.98 Å². The van der Waals surface area contributed by atoms with Gasteiger partial charge in [0.05, 0.1) is 11.8 Å². The molecule has 3 aromatic rings. The molecule has 0 aliphatic rings. The van der Waals surface area contributed by atoms with E-state index in [1.807, 2.05) is 36.8 Å². The molecule has 1 aromatic carbocycles. The van der Waals surface area contributed by atoms with E-state index in [4.69, 9.17) is 5.73 Å². The predicted octanol–water partition coefficient (Wildman–Crippen LogP) is 2.52. The Morgan fingerprint density at radius 3 is 3.00 bits per heavy atom. The summed E-state index contributed by atoms with van der Waals surface area (Å²) < 4.78 is 2.08. The van der Waals surface area contributed by atoms with Crippen LogP contribution in [0.15, 0.2) is 49.2 Å². The Morgan fingerprint density at radius 2 is 2.15 bits per heavy atom. The number of rotatable bonds is 5. The molecule has 2 heterocycles. The van der Waals surface area contributed by atoms with E-state index in [-0.39, 0.29) is 0 Å². The second kappa shape index (κ2) is 5.61. The van der Waals surface area contributed by atoms with Crippen LogP contribution in [0.25, 0.3) is 10.9 Å². The van der Waals surface area contributed by atoms with E-state index in [1.54, 1.807) is 12.4 Å². The van der Waals surface area contributed by atoms with Gasteiger partial charge in [0.15, 0.2) is 0 Å². The number of nitrogens with two attached hydrogens (primary N) is 1. The first-order valence-electron chi connectivity index (χ1n) is 6.67. The van der Waals surface area contributed by atoms with Crippen molar-refractivity contribution in [1.82, 2.24) is 14.5 Å². The van der Waals surface area contributed by atoms with Gasteiger partial charge in [-0.15, -0.1) is 0 Å². The molecule has 0 bridgehead atoms. The number of imidazole rings is 1. The van der Waals surface area contributed by atoms with Crippen LogP contribution >= 0.6 is 0 Å². The zero-order chi connectivity index (χ0) is 13.8. The lowest BCUT2D eigenvalue weighted by atomic mass is 10.1. The van der Waals surface area contributed by atoms with Crippen molar-refractivity contribution in [3.8, 4) is 0 Å². The van der Waals surface area contributed by atoms with Crippen LogP contribution < -0.4 is 11.1 Å². The van der Waals surface area contributed by atoms with Gasteiger partial charge in [0.1, 0.15) is 0 Å². The average molecular weight is 267 g/mol. The molecule has 5 nitrogen and oxygen atoms in total. The second-order valence-electron chi connectivity index (χ2n) is 4.72. The quantitative estimate of drug-likeness (QED) is 0.550. The van der Waals surface area contributed by atoms with Crippen molar-refractivity contribution in [2.45, 2.75) is 13.0 Å². The molecule has 0 amide bonds. The molecule has 0 fully saturated rings. The minimum atomic E-state index is 0.738. The smallest absolute Gasteiger partial charge is 0.0945 e. The molecule has 0 aliphatic heterocycles. The van der Waals surface area contributed by atoms with Crippen LogP contribution in [-0.4, -0.2) is 21.1 Å². The summed E-state index contributed by atoms with van der Waals surface area (Å²) in [7, 11) is 0. The van der Waals surface area contributed by atoms with E-state index in [9.17, 15) is 0 Å². The molecule has 5 heteroatoms. The summed E-state index contributed by atoms with van der Waals surface area (Å²) in [5, 5.41) is 4.56. The Balaban J connectivity index is 1.65. The summed E-state index contributed by atoms with van der Waals surface area (Å²) in [6, 6.07) is 7.80. The van der Waals surface area contributed by atoms with Crippen molar-refractivity contribution >= 4 is 22.3 Å². The monoisotopic (exact) mass is 267 g/mol. The second-order valence-corrected chi connectivity index (χ2v) is 4.72. The van der Waals surface area contributed by atoms with Crippen molar-refractivity contribution in [3.05, 3.63) is 49.2 Å². The normalized spacial score (nSPS) is 10.8. The molecule has 0 saturated heterocycles. The number of aryl methyl sites for hydroxylation is 1. The number of hydrogen-bond acceptors (Lipinski definition) is 4. The predicted molar refractivity (Wildman–Crippen MR) is 81.5 cm³/mol. The number of hydrogen-bond donors (Lipinski definition) is 2. The van der Waals surface area contributed by atoms with Crippen LogP contribution in [0.5, 0.6) is 0 Å². The van der Waals surface area contributed by atoms with Gasteiger partial charge in [0, 0.05) is 48.4 Å². The lowest BCUT2D eigenvalue weighted by molar-refractivity contribution is 0.661. The first kappa shape index (κ1) is 12.5. The van der Waals surface area contributed by atoms with Crippen LogP contribution in [0.4, 0.5) is 11.4 Å². The summed E-state index contributed by atoms with van der Waals surface area (Å²) in [6.45, 7) is 1.87. The van der Waals surface area contributed by atoms with E-state index in [0.29, 0.717) is 0 Å². The highest BCUT2D eigenvalue weighted by Crippen LogP contribution is 2.23. The Bertz CT molecular complexity index is 691. The topological polar surface area (TPSA) is 68.8 Å². The number of benzene rings is 1. The first-order chi connectivity index (χ1) is 9.83. The Kier molecular flexibility index (Phi) is 3.50. The molecule has 20 heavy (non-hydrogen) atoms. The molecule has 0 aliphatic carbocycles. The maximum absolute atomic E-state index is 5.78. The average Bonchev–Trinajstić information content (AvgIpc) is 2.96. The van der Waals surface area contributed by atoms with Crippen molar-refractivity contribution in [1.29, 1.82) is 0 Å².